The fourth-order valence-corrected chi connectivity index (χ4v) is 6.02. The summed E-state index contributed by atoms with van der Waals surface area (Å²) in [6.45, 7) is 0.759. The lowest BCUT2D eigenvalue weighted by molar-refractivity contribution is -0.126. The molecule has 0 bridgehead atoms. The second-order valence-corrected chi connectivity index (χ2v) is 9.85. The van der Waals surface area contributed by atoms with Crippen LogP contribution in [0, 0.1) is 5.92 Å². The molecule has 1 saturated carbocycles. The topological polar surface area (TPSA) is 38.8 Å². The minimum atomic E-state index is -0.182. The highest BCUT2D eigenvalue weighted by Crippen LogP contribution is 2.37. The number of hydrogen-bond acceptors (Lipinski definition) is 5. The molecule has 1 amide bonds. The predicted octanol–water partition coefficient (Wildman–Crippen LogP) is 5.21. The van der Waals surface area contributed by atoms with Crippen LogP contribution in [0.4, 0.5) is 0 Å². The molecule has 2 fully saturated rings. The molecule has 3 rings (SSSR count). The summed E-state index contributed by atoms with van der Waals surface area (Å²) in [7, 11) is 3.26. The maximum absolute atomic E-state index is 12.9. The summed E-state index contributed by atoms with van der Waals surface area (Å²) in [4.78, 5) is 14.8. The van der Waals surface area contributed by atoms with Gasteiger partial charge in [-0.15, -0.1) is 0 Å². The molecule has 0 spiro atoms. The Kier molecular flexibility index (Phi) is 7.45. The van der Waals surface area contributed by atoms with Gasteiger partial charge in [0.15, 0.2) is 0 Å². The Morgan fingerprint density at radius 1 is 1.19 bits per heavy atom. The first-order valence-corrected chi connectivity index (χ1v) is 11.5. The van der Waals surface area contributed by atoms with Crippen molar-refractivity contribution in [1.29, 1.82) is 0 Å². The molecule has 27 heavy (non-hydrogen) atoms. The second-order valence-electron chi connectivity index (χ2n) is 7.16. The summed E-state index contributed by atoms with van der Waals surface area (Å²) >= 11 is 10.5. The number of amides is 1. The van der Waals surface area contributed by atoms with Crippen molar-refractivity contribution >= 4 is 50.1 Å². The van der Waals surface area contributed by atoms with E-state index in [-0.39, 0.29) is 11.2 Å². The number of halogens is 1. The van der Waals surface area contributed by atoms with Gasteiger partial charge in [-0.1, -0.05) is 56.1 Å². The zero-order valence-corrected chi connectivity index (χ0v) is 19.1. The van der Waals surface area contributed by atoms with E-state index >= 15 is 0 Å². The molecule has 0 aromatic heterocycles. The number of ether oxygens (including phenoxy) is 2. The maximum Gasteiger partial charge on any atom is 0.241 e. The highest BCUT2D eigenvalue weighted by Gasteiger charge is 2.37. The monoisotopic (exact) mass is 471 g/mol. The van der Waals surface area contributed by atoms with E-state index in [0.717, 1.165) is 34.7 Å². The zero-order chi connectivity index (χ0) is 19.4. The van der Waals surface area contributed by atoms with Crippen molar-refractivity contribution in [3.8, 4) is 11.5 Å². The zero-order valence-electron chi connectivity index (χ0n) is 15.8. The Bertz CT molecular complexity index is 707. The quantitative estimate of drug-likeness (QED) is 0.510. The van der Waals surface area contributed by atoms with Gasteiger partial charge in [0.25, 0.3) is 0 Å². The molecular formula is C20H26BrNO3S2. The van der Waals surface area contributed by atoms with Crippen LogP contribution in [0.15, 0.2) is 16.6 Å². The summed E-state index contributed by atoms with van der Waals surface area (Å²) in [5.74, 6) is 2.33. The number of rotatable bonds is 7. The largest absolute Gasteiger partial charge is 0.496 e. The van der Waals surface area contributed by atoms with Crippen molar-refractivity contribution in [2.75, 3.05) is 20.8 Å². The molecule has 1 aliphatic heterocycles. The average molecular weight is 472 g/mol. The van der Waals surface area contributed by atoms with Gasteiger partial charge in [0, 0.05) is 12.6 Å². The predicted molar refractivity (Wildman–Crippen MR) is 118 cm³/mol. The van der Waals surface area contributed by atoms with Crippen LogP contribution in [0.2, 0.25) is 0 Å². The number of benzene rings is 1. The molecule has 0 N–H and O–H groups in total. The van der Waals surface area contributed by atoms with Gasteiger partial charge in [0.1, 0.15) is 15.8 Å². The first-order valence-electron chi connectivity index (χ1n) is 9.46. The lowest BCUT2D eigenvalue weighted by Gasteiger charge is -2.24. The van der Waals surface area contributed by atoms with Crippen molar-refractivity contribution in [2.24, 2.45) is 5.92 Å². The van der Waals surface area contributed by atoms with Gasteiger partial charge in [-0.05, 0) is 46.3 Å². The number of nitrogens with zero attached hydrogens (tertiary/aromatic N) is 1. The molecule has 148 valence electrons. The number of carbonyl (C=O) groups is 1. The molecule has 0 unspecified atom stereocenters. The molecule has 2 aliphatic rings. The first-order chi connectivity index (χ1) is 13.0. The van der Waals surface area contributed by atoms with Gasteiger partial charge < -0.3 is 9.47 Å². The van der Waals surface area contributed by atoms with Crippen LogP contribution < -0.4 is 9.47 Å². The molecule has 1 atom stereocenters. The Labute approximate surface area is 179 Å². The normalized spacial score (nSPS) is 21.0. The lowest BCUT2D eigenvalue weighted by atomic mass is 9.87. The standard InChI is InChI=1S/C20H26BrNO3S2/c1-24-16-12-17(25-2)15(21)10-14(16)11-18-19(23)22(20(26)27-18)9-8-13-6-4-3-5-7-13/h10,12-13,18H,3-9,11H2,1-2H3/t18-/m0/s1. The lowest BCUT2D eigenvalue weighted by Crippen LogP contribution is -2.34. The van der Waals surface area contributed by atoms with Gasteiger partial charge in [-0.3, -0.25) is 9.69 Å². The highest BCUT2D eigenvalue weighted by molar-refractivity contribution is 9.10. The molecule has 1 aliphatic carbocycles. The molecule has 0 radical (unpaired) electrons. The van der Waals surface area contributed by atoms with Crippen LogP contribution in [0.25, 0.3) is 0 Å². The van der Waals surface area contributed by atoms with Gasteiger partial charge in [0.2, 0.25) is 5.91 Å². The highest BCUT2D eigenvalue weighted by atomic mass is 79.9. The number of thioether (sulfide) groups is 1. The van der Waals surface area contributed by atoms with Crippen molar-refractivity contribution < 1.29 is 14.3 Å². The van der Waals surface area contributed by atoms with Gasteiger partial charge >= 0.3 is 0 Å². The molecule has 1 aromatic rings. The van der Waals surface area contributed by atoms with Crippen LogP contribution in [0.3, 0.4) is 0 Å². The maximum atomic E-state index is 12.9. The number of thiocarbonyl (C=S) groups is 1. The Morgan fingerprint density at radius 2 is 1.89 bits per heavy atom. The second kappa shape index (κ2) is 9.61. The SMILES string of the molecule is COc1cc(OC)c(C[C@@H]2SC(=S)N(CCC3CCCCC3)C2=O)cc1Br. The van der Waals surface area contributed by atoms with Crippen LogP contribution in [0.1, 0.15) is 44.1 Å². The van der Waals surface area contributed by atoms with E-state index in [0.29, 0.717) is 16.5 Å². The van der Waals surface area contributed by atoms with Gasteiger partial charge in [0.05, 0.1) is 23.9 Å². The van der Waals surface area contributed by atoms with Crippen LogP contribution >= 0.6 is 39.9 Å². The van der Waals surface area contributed by atoms with E-state index in [2.05, 4.69) is 15.9 Å². The van der Waals surface area contributed by atoms with Gasteiger partial charge in [-0.25, -0.2) is 0 Å². The first kappa shape index (κ1) is 20.9. The summed E-state index contributed by atoms with van der Waals surface area (Å²) in [6.07, 6.45) is 8.25. The third kappa shape index (κ3) is 4.98. The van der Waals surface area contributed by atoms with E-state index in [9.17, 15) is 4.79 Å². The van der Waals surface area contributed by atoms with Gasteiger partial charge in [-0.2, -0.15) is 0 Å². The van der Waals surface area contributed by atoms with Crippen LogP contribution in [0.5, 0.6) is 11.5 Å². The molecular weight excluding hydrogens is 446 g/mol. The van der Waals surface area contributed by atoms with E-state index in [1.54, 1.807) is 14.2 Å². The van der Waals surface area contributed by atoms with E-state index in [4.69, 9.17) is 21.7 Å². The third-order valence-corrected chi connectivity index (χ3v) is 7.65. The number of carbonyl (C=O) groups excluding carboxylic acids is 1. The van der Waals surface area contributed by atoms with Crippen molar-refractivity contribution in [2.45, 2.75) is 50.2 Å². The smallest absolute Gasteiger partial charge is 0.241 e. The summed E-state index contributed by atoms with van der Waals surface area (Å²) in [5.41, 5.74) is 0.980. The van der Waals surface area contributed by atoms with E-state index in [1.807, 2.05) is 17.0 Å². The van der Waals surface area contributed by atoms with E-state index in [1.165, 1.54) is 43.9 Å². The fourth-order valence-electron chi connectivity index (χ4n) is 3.90. The molecule has 1 saturated heterocycles. The Balaban J connectivity index is 1.65. The Hall–Kier alpha value is -0.790. The molecule has 4 nitrogen and oxygen atoms in total. The fraction of sp³-hybridized carbons (Fsp3) is 0.600. The summed E-state index contributed by atoms with van der Waals surface area (Å²) in [6, 6.07) is 3.82. The minimum Gasteiger partial charge on any atom is -0.496 e. The van der Waals surface area contributed by atoms with Crippen LogP contribution in [-0.4, -0.2) is 41.1 Å². The average Bonchev–Trinajstić information content (AvgIpc) is 2.94. The third-order valence-electron chi connectivity index (χ3n) is 5.45. The van der Waals surface area contributed by atoms with Crippen molar-refractivity contribution in [3.05, 3.63) is 22.2 Å². The molecule has 1 heterocycles. The molecule has 1 aromatic carbocycles. The summed E-state index contributed by atoms with van der Waals surface area (Å²) in [5, 5.41) is -0.182. The number of methoxy groups -OCH3 is 2. The van der Waals surface area contributed by atoms with Crippen molar-refractivity contribution in [3.63, 3.8) is 0 Å². The minimum absolute atomic E-state index is 0.134. The van der Waals surface area contributed by atoms with Crippen LogP contribution in [-0.2, 0) is 11.2 Å². The molecule has 7 heteroatoms. The Morgan fingerprint density at radius 3 is 2.56 bits per heavy atom. The summed E-state index contributed by atoms with van der Waals surface area (Å²) < 4.78 is 12.4. The number of hydrogen-bond donors (Lipinski definition) is 0. The van der Waals surface area contributed by atoms with Crippen molar-refractivity contribution in [1.82, 2.24) is 4.90 Å². The van der Waals surface area contributed by atoms with E-state index < -0.39 is 0 Å².